The van der Waals surface area contributed by atoms with Crippen molar-refractivity contribution in [2.45, 2.75) is 51.0 Å². The summed E-state index contributed by atoms with van der Waals surface area (Å²) >= 11 is 3.76. The molecule has 3 heteroatoms. The van der Waals surface area contributed by atoms with Gasteiger partial charge in [-0.3, -0.25) is 0 Å². The summed E-state index contributed by atoms with van der Waals surface area (Å²) in [4.78, 5) is 0.636. The van der Waals surface area contributed by atoms with Crippen molar-refractivity contribution < 1.29 is 9.47 Å². The van der Waals surface area contributed by atoms with E-state index in [0.717, 1.165) is 26.2 Å². The molecular formula is C12H23BrO2. The standard InChI is InChI=1S/C12H23BrO2/c1-4-12(5-2)10(13)9-11(12)15-8-7-14-6-3/h10-11H,4-9H2,1-3H3. The summed E-state index contributed by atoms with van der Waals surface area (Å²) in [5, 5.41) is 0. The topological polar surface area (TPSA) is 18.5 Å². The second-order valence-electron chi connectivity index (χ2n) is 4.20. The van der Waals surface area contributed by atoms with Gasteiger partial charge >= 0.3 is 0 Å². The summed E-state index contributed by atoms with van der Waals surface area (Å²) in [6.45, 7) is 8.77. The van der Waals surface area contributed by atoms with Gasteiger partial charge in [0.15, 0.2) is 0 Å². The van der Waals surface area contributed by atoms with E-state index in [1.807, 2.05) is 6.92 Å². The lowest BCUT2D eigenvalue weighted by Crippen LogP contribution is -2.55. The van der Waals surface area contributed by atoms with Crippen LogP contribution in [0.15, 0.2) is 0 Å². The summed E-state index contributed by atoms with van der Waals surface area (Å²) in [6, 6.07) is 0. The van der Waals surface area contributed by atoms with Gasteiger partial charge in [-0.05, 0) is 26.2 Å². The van der Waals surface area contributed by atoms with Crippen LogP contribution in [0.5, 0.6) is 0 Å². The first kappa shape index (κ1) is 13.5. The van der Waals surface area contributed by atoms with Crippen molar-refractivity contribution >= 4 is 15.9 Å². The molecule has 0 N–H and O–H groups in total. The summed E-state index contributed by atoms with van der Waals surface area (Å²) in [5.41, 5.74) is 0.367. The van der Waals surface area contributed by atoms with E-state index >= 15 is 0 Å². The van der Waals surface area contributed by atoms with Crippen LogP contribution in [-0.4, -0.2) is 30.8 Å². The maximum absolute atomic E-state index is 5.89. The molecule has 2 atom stereocenters. The van der Waals surface area contributed by atoms with Crippen molar-refractivity contribution in [3.8, 4) is 0 Å². The molecule has 90 valence electrons. The van der Waals surface area contributed by atoms with E-state index < -0.39 is 0 Å². The molecule has 15 heavy (non-hydrogen) atoms. The molecule has 0 heterocycles. The highest BCUT2D eigenvalue weighted by molar-refractivity contribution is 9.09. The van der Waals surface area contributed by atoms with E-state index in [0.29, 0.717) is 16.3 Å². The fraction of sp³-hybridized carbons (Fsp3) is 1.00. The highest BCUT2D eigenvalue weighted by Gasteiger charge is 2.51. The minimum absolute atomic E-state index is 0.367. The first-order valence-electron chi connectivity index (χ1n) is 6.04. The van der Waals surface area contributed by atoms with E-state index in [2.05, 4.69) is 29.8 Å². The molecule has 0 amide bonds. The Bertz CT molecular complexity index is 180. The second-order valence-corrected chi connectivity index (χ2v) is 5.31. The Balaban J connectivity index is 2.30. The number of halogens is 1. The zero-order valence-corrected chi connectivity index (χ0v) is 11.7. The van der Waals surface area contributed by atoms with Crippen molar-refractivity contribution in [3.05, 3.63) is 0 Å². The normalized spacial score (nSPS) is 28.8. The first-order chi connectivity index (χ1) is 7.21. The van der Waals surface area contributed by atoms with Crippen molar-refractivity contribution in [1.29, 1.82) is 0 Å². The predicted octanol–water partition coefficient (Wildman–Crippen LogP) is 3.38. The second kappa shape index (κ2) is 6.21. The number of hydrogen-bond acceptors (Lipinski definition) is 2. The Labute approximate surface area is 102 Å². The molecular weight excluding hydrogens is 256 g/mol. The van der Waals surface area contributed by atoms with Gasteiger partial charge in [-0.1, -0.05) is 29.8 Å². The summed E-state index contributed by atoms with van der Waals surface area (Å²) < 4.78 is 11.2. The lowest BCUT2D eigenvalue weighted by molar-refractivity contribution is -0.118. The van der Waals surface area contributed by atoms with Crippen LogP contribution < -0.4 is 0 Å². The SMILES string of the molecule is CCOCCOC1CC(Br)C1(CC)CC. The van der Waals surface area contributed by atoms with E-state index in [9.17, 15) is 0 Å². The van der Waals surface area contributed by atoms with Gasteiger partial charge in [0.2, 0.25) is 0 Å². The average molecular weight is 279 g/mol. The van der Waals surface area contributed by atoms with E-state index in [4.69, 9.17) is 9.47 Å². The Hall–Kier alpha value is 0.400. The first-order valence-corrected chi connectivity index (χ1v) is 6.96. The molecule has 1 fully saturated rings. The van der Waals surface area contributed by atoms with Crippen molar-refractivity contribution in [1.82, 2.24) is 0 Å². The summed E-state index contributed by atoms with van der Waals surface area (Å²) in [7, 11) is 0. The zero-order chi connectivity index (χ0) is 11.3. The van der Waals surface area contributed by atoms with Crippen molar-refractivity contribution in [2.75, 3.05) is 19.8 Å². The third kappa shape index (κ3) is 2.75. The smallest absolute Gasteiger partial charge is 0.0704 e. The third-order valence-corrected chi connectivity index (χ3v) is 5.04. The molecule has 1 aliphatic carbocycles. The molecule has 0 aromatic rings. The number of alkyl halides is 1. The van der Waals surface area contributed by atoms with Gasteiger partial charge in [0, 0.05) is 16.8 Å². The summed E-state index contributed by atoms with van der Waals surface area (Å²) in [5.74, 6) is 0. The van der Waals surface area contributed by atoms with Crippen LogP contribution in [-0.2, 0) is 9.47 Å². The van der Waals surface area contributed by atoms with Crippen molar-refractivity contribution in [2.24, 2.45) is 5.41 Å². The van der Waals surface area contributed by atoms with Crippen LogP contribution in [0.2, 0.25) is 0 Å². The average Bonchev–Trinajstić information content (AvgIpc) is 2.24. The molecule has 1 rings (SSSR count). The fourth-order valence-electron chi connectivity index (χ4n) is 2.47. The molecule has 0 bridgehead atoms. The molecule has 0 radical (unpaired) electrons. The Morgan fingerprint density at radius 2 is 1.87 bits per heavy atom. The third-order valence-electron chi connectivity index (χ3n) is 3.75. The number of rotatable bonds is 7. The van der Waals surface area contributed by atoms with E-state index in [1.54, 1.807) is 0 Å². The van der Waals surface area contributed by atoms with Crippen LogP contribution in [0.4, 0.5) is 0 Å². The van der Waals surface area contributed by atoms with Gasteiger partial charge in [0.25, 0.3) is 0 Å². The molecule has 0 saturated heterocycles. The molecule has 1 aliphatic rings. The number of hydrogen-bond donors (Lipinski definition) is 0. The van der Waals surface area contributed by atoms with Gasteiger partial charge in [0.05, 0.1) is 19.3 Å². The summed E-state index contributed by atoms with van der Waals surface area (Å²) in [6.07, 6.45) is 3.96. The largest absolute Gasteiger partial charge is 0.379 e. The van der Waals surface area contributed by atoms with E-state index in [1.165, 1.54) is 12.8 Å². The van der Waals surface area contributed by atoms with Gasteiger partial charge in [0.1, 0.15) is 0 Å². The van der Waals surface area contributed by atoms with Crippen LogP contribution in [0.1, 0.15) is 40.0 Å². The minimum atomic E-state index is 0.367. The molecule has 0 aromatic heterocycles. The maximum atomic E-state index is 5.89. The van der Waals surface area contributed by atoms with Crippen LogP contribution in [0.25, 0.3) is 0 Å². The quantitative estimate of drug-likeness (QED) is 0.525. The number of ether oxygens (including phenoxy) is 2. The maximum Gasteiger partial charge on any atom is 0.0704 e. The van der Waals surface area contributed by atoms with Gasteiger partial charge in [-0.15, -0.1) is 0 Å². The zero-order valence-electron chi connectivity index (χ0n) is 10.1. The fourth-order valence-corrected chi connectivity index (χ4v) is 3.76. The lowest BCUT2D eigenvalue weighted by Gasteiger charge is -2.53. The van der Waals surface area contributed by atoms with E-state index in [-0.39, 0.29) is 0 Å². The lowest BCUT2D eigenvalue weighted by atomic mass is 9.62. The minimum Gasteiger partial charge on any atom is -0.379 e. The van der Waals surface area contributed by atoms with Crippen molar-refractivity contribution in [3.63, 3.8) is 0 Å². The van der Waals surface area contributed by atoms with Crippen LogP contribution in [0.3, 0.4) is 0 Å². The Morgan fingerprint density at radius 3 is 2.33 bits per heavy atom. The molecule has 0 spiro atoms. The highest BCUT2D eigenvalue weighted by atomic mass is 79.9. The Kier molecular flexibility index (Phi) is 5.58. The highest BCUT2D eigenvalue weighted by Crippen LogP contribution is 2.52. The van der Waals surface area contributed by atoms with Gasteiger partial charge in [-0.25, -0.2) is 0 Å². The van der Waals surface area contributed by atoms with Crippen LogP contribution in [0, 0.1) is 5.41 Å². The molecule has 2 unspecified atom stereocenters. The predicted molar refractivity (Wildman–Crippen MR) is 66.6 cm³/mol. The van der Waals surface area contributed by atoms with Crippen LogP contribution >= 0.6 is 15.9 Å². The molecule has 0 aliphatic heterocycles. The molecule has 2 nitrogen and oxygen atoms in total. The molecule has 1 saturated carbocycles. The molecule has 0 aromatic carbocycles. The Morgan fingerprint density at radius 1 is 1.20 bits per heavy atom. The monoisotopic (exact) mass is 278 g/mol. The van der Waals surface area contributed by atoms with Gasteiger partial charge in [-0.2, -0.15) is 0 Å². The van der Waals surface area contributed by atoms with Gasteiger partial charge < -0.3 is 9.47 Å².